The monoisotopic (exact) mass is 455 g/mol. The Labute approximate surface area is 191 Å². The van der Waals surface area contributed by atoms with Crippen LogP contribution < -0.4 is 15.5 Å². The van der Waals surface area contributed by atoms with Crippen molar-refractivity contribution in [2.45, 2.75) is 26.2 Å². The number of aryl methyl sites for hydroxylation is 1. The van der Waals surface area contributed by atoms with Crippen molar-refractivity contribution in [3.8, 4) is 0 Å². The molecule has 0 unspecified atom stereocenters. The second-order valence-electron chi connectivity index (χ2n) is 7.52. The van der Waals surface area contributed by atoms with Gasteiger partial charge in [0.15, 0.2) is 0 Å². The van der Waals surface area contributed by atoms with Crippen LogP contribution in [0.5, 0.6) is 0 Å². The molecule has 2 N–H and O–H groups in total. The van der Waals surface area contributed by atoms with Crippen molar-refractivity contribution >= 4 is 52.3 Å². The van der Waals surface area contributed by atoms with Gasteiger partial charge < -0.3 is 15.5 Å². The number of nitrogens with zero attached hydrogens (tertiary/aromatic N) is 3. The first-order valence-corrected chi connectivity index (χ1v) is 11.0. The predicted molar refractivity (Wildman–Crippen MR) is 127 cm³/mol. The first kappa shape index (κ1) is 21.4. The molecule has 0 aliphatic carbocycles. The van der Waals surface area contributed by atoms with Crippen LogP contribution in [0.3, 0.4) is 0 Å². The van der Waals surface area contributed by atoms with Gasteiger partial charge in [-0.25, -0.2) is 4.98 Å². The number of halogens is 2. The van der Waals surface area contributed by atoms with Crippen molar-refractivity contribution in [2.75, 3.05) is 28.6 Å². The SMILES string of the molecule is Cc1cc(Nc2ccc(NC(=O)c3ccc(Cl)cc3Cl)cc2)nc(N2CCCCC2)n1. The molecule has 2 aromatic carbocycles. The van der Waals surface area contributed by atoms with Crippen LogP contribution in [-0.2, 0) is 0 Å². The van der Waals surface area contributed by atoms with E-state index in [4.69, 9.17) is 23.2 Å². The molecule has 1 aliphatic heterocycles. The zero-order valence-electron chi connectivity index (χ0n) is 17.2. The van der Waals surface area contributed by atoms with Gasteiger partial charge in [-0.05, 0) is 68.7 Å². The van der Waals surface area contributed by atoms with Crippen molar-refractivity contribution in [3.05, 3.63) is 69.8 Å². The number of carbonyl (C=O) groups is 1. The van der Waals surface area contributed by atoms with Gasteiger partial charge in [-0.3, -0.25) is 4.79 Å². The fourth-order valence-corrected chi connectivity index (χ4v) is 4.00. The first-order valence-electron chi connectivity index (χ1n) is 10.2. The summed E-state index contributed by atoms with van der Waals surface area (Å²) < 4.78 is 0. The topological polar surface area (TPSA) is 70.2 Å². The van der Waals surface area contributed by atoms with Gasteiger partial charge in [0.1, 0.15) is 5.82 Å². The van der Waals surface area contributed by atoms with E-state index in [1.165, 1.54) is 19.3 Å². The summed E-state index contributed by atoms with van der Waals surface area (Å²) in [5.74, 6) is 1.23. The van der Waals surface area contributed by atoms with Crippen LogP contribution in [0.2, 0.25) is 10.0 Å². The van der Waals surface area contributed by atoms with Crippen LogP contribution in [-0.4, -0.2) is 29.0 Å². The van der Waals surface area contributed by atoms with E-state index in [2.05, 4.69) is 25.5 Å². The highest BCUT2D eigenvalue weighted by Crippen LogP contribution is 2.24. The summed E-state index contributed by atoms with van der Waals surface area (Å²) in [5, 5.41) is 6.97. The molecule has 0 atom stereocenters. The quantitative estimate of drug-likeness (QED) is 0.487. The second kappa shape index (κ2) is 9.54. The molecule has 4 rings (SSSR count). The molecule has 3 aromatic rings. The molecule has 1 aliphatic rings. The summed E-state index contributed by atoms with van der Waals surface area (Å²) in [6.07, 6.45) is 3.61. The number of benzene rings is 2. The molecule has 6 nitrogen and oxygen atoms in total. The van der Waals surface area contributed by atoms with E-state index in [0.717, 1.165) is 36.2 Å². The lowest BCUT2D eigenvalue weighted by Gasteiger charge is -2.27. The average molecular weight is 456 g/mol. The Morgan fingerprint density at radius 2 is 1.65 bits per heavy atom. The molecule has 160 valence electrons. The van der Waals surface area contributed by atoms with Gasteiger partial charge in [-0.15, -0.1) is 0 Å². The average Bonchev–Trinajstić information content (AvgIpc) is 2.75. The van der Waals surface area contributed by atoms with Crippen LogP contribution in [0.4, 0.5) is 23.1 Å². The maximum absolute atomic E-state index is 12.5. The van der Waals surface area contributed by atoms with E-state index in [0.29, 0.717) is 21.3 Å². The van der Waals surface area contributed by atoms with E-state index in [1.54, 1.807) is 18.2 Å². The lowest BCUT2D eigenvalue weighted by Crippen LogP contribution is -2.31. The number of hydrogen-bond donors (Lipinski definition) is 2. The van der Waals surface area contributed by atoms with Gasteiger partial charge in [0, 0.05) is 41.2 Å². The van der Waals surface area contributed by atoms with Crippen molar-refractivity contribution in [3.63, 3.8) is 0 Å². The summed E-state index contributed by atoms with van der Waals surface area (Å²) in [7, 11) is 0. The molecule has 31 heavy (non-hydrogen) atoms. The Hall–Kier alpha value is -2.83. The molecule has 2 heterocycles. The Kier molecular flexibility index (Phi) is 6.59. The van der Waals surface area contributed by atoms with Crippen molar-refractivity contribution in [1.29, 1.82) is 0 Å². The van der Waals surface area contributed by atoms with E-state index in [9.17, 15) is 4.79 Å². The standard InChI is InChI=1S/C23H23Cl2N5O/c1-15-13-21(29-23(26-15)30-11-3-2-4-12-30)27-17-6-8-18(9-7-17)28-22(31)19-10-5-16(24)14-20(19)25/h5-10,13-14H,2-4,11-12H2,1H3,(H,28,31)(H,26,27,29). The highest BCUT2D eigenvalue weighted by Gasteiger charge is 2.15. The molecule has 1 fully saturated rings. The van der Waals surface area contributed by atoms with Crippen LogP contribution in [0.25, 0.3) is 0 Å². The lowest BCUT2D eigenvalue weighted by atomic mass is 10.1. The number of anilines is 4. The molecule has 8 heteroatoms. The van der Waals surface area contributed by atoms with Crippen molar-refractivity contribution < 1.29 is 4.79 Å². The van der Waals surface area contributed by atoms with Gasteiger partial charge in [-0.1, -0.05) is 23.2 Å². The van der Waals surface area contributed by atoms with Gasteiger partial charge >= 0.3 is 0 Å². The molecule has 0 spiro atoms. The van der Waals surface area contributed by atoms with E-state index < -0.39 is 0 Å². The number of nitrogens with one attached hydrogen (secondary N) is 2. The number of rotatable bonds is 5. The highest BCUT2D eigenvalue weighted by molar-refractivity contribution is 6.37. The minimum atomic E-state index is -0.292. The predicted octanol–water partition coefficient (Wildman–Crippen LogP) is 6.08. The minimum Gasteiger partial charge on any atom is -0.341 e. The van der Waals surface area contributed by atoms with Crippen LogP contribution in [0, 0.1) is 6.92 Å². The molecule has 0 radical (unpaired) electrons. The van der Waals surface area contributed by atoms with E-state index >= 15 is 0 Å². The Morgan fingerprint density at radius 1 is 0.935 bits per heavy atom. The van der Waals surface area contributed by atoms with Crippen LogP contribution in [0.15, 0.2) is 48.5 Å². The summed E-state index contributed by atoms with van der Waals surface area (Å²) in [5.41, 5.74) is 2.82. The van der Waals surface area contributed by atoms with Gasteiger partial charge in [-0.2, -0.15) is 4.98 Å². The maximum Gasteiger partial charge on any atom is 0.257 e. The molecular weight excluding hydrogens is 433 g/mol. The Bertz CT molecular complexity index is 1080. The summed E-state index contributed by atoms with van der Waals surface area (Å²) in [6.45, 7) is 3.96. The van der Waals surface area contributed by atoms with Crippen LogP contribution >= 0.6 is 23.2 Å². The van der Waals surface area contributed by atoms with Crippen molar-refractivity contribution in [1.82, 2.24) is 9.97 Å². The summed E-state index contributed by atoms with van der Waals surface area (Å²) in [6, 6.07) is 14.1. The minimum absolute atomic E-state index is 0.292. The molecule has 1 aromatic heterocycles. The molecule has 1 amide bonds. The number of hydrogen-bond acceptors (Lipinski definition) is 5. The lowest BCUT2D eigenvalue weighted by molar-refractivity contribution is 0.102. The molecule has 1 saturated heterocycles. The zero-order chi connectivity index (χ0) is 21.8. The van der Waals surface area contributed by atoms with E-state index in [1.807, 2.05) is 37.3 Å². The third kappa shape index (κ3) is 5.46. The second-order valence-corrected chi connectivity index (χ2v) is 8.37. The fourth-order valence-electron chi connectivity index (χ4n) is 3.51. The summed E-state index contributed by atoms with van der Waals surface area (Å²) >= 11 is 12.0. The number of piperidine rings is 1. The fraction of sp³-hybridized carbons (Fsp3) is 0.261. The van der Waals surface area contributed by atoms with Crippen LogP contribution in [0.1, 0.15) is 35.3 Å². The largest absolute Gasteiger partial charge is 0.341 e. The number of carbonyl (C=O) groups excluding carboxylic acids is 1. The first-order chi connectivity index (χ1) is 15.0. The summed E-state index contributed by atoms with van der Waals surface area (Å²) in [4.78, 5) is 24.0. The Balaban J connectivity index is 1.44. The number of aromatic nitrogens is 2. The highest BCUT2D eigenvalue weighted by atomic mass is 35.5. The maximum atomic E-state index is 12.5. The Morgan fingerprint density at radius 3 is 2.35 bits per heavy atom. The van der Waals surface area contributed by atoms with Gasteiger partial charge in [0.2, 0.25) is 5.95 Å². The van der Waals surface area contributed by atoms with Crippen molar-refractivity contribution in [2.24, 2.45) is 0 Å². The molecular formula is C23H23Cl2N5O. The smallest absolute Gasteiger partial charge is 0.257 e. The third-order valence-electron chi connectivity index (χ3n) is 5.07. The normalized spacial score (nSPS) is 13.7. The molecule has 0 saturated carbocycles. The van der Waals surface area contributed by atoms with E-state index in [-0.39, 0.29) is 5.91 Å². The van der Waals surface area contributed by atoms with Gasteiger partial charge in [0.25, 0.3) is 5.91 Å². The zero-order valence-corrected chi connectivity index (χ0v) is 18.7. The van der Waals surface area contributed by atoms with Gasteiger partial charge in [0.05, 0.1) is 10.6 Å². The third-order valence-corrected chi connectivity index (χ3v) is 5.62. The number of amides is 1. The molecule has 0 bridgehead atoms.